The molecule has 0 fully saturated rings. The van der Waals surface area contributed by atoms with Gasteiger partial charge < -0.3 is 0 Å². The normalized spacial score (nSPS) is 10.2. The van der Waals surface area contributed by atoms with E-state index < -0.39 is 0 Å². The van der Waals surface area contributed by atoms with Crippen molar-refractivity contribution in [1.29, 1.82) is 0 Å². The van der Waals surface area contributed by atoms with Crippen LogP contribution in [0.25, 0.3) is 9.91 Å². The molecule has 0 radical (unpaired) electrons. The average molecular weight is 183 g/mol. The summed E-state index contributed by atoms with van der Waals surface area (Å²) in [6.45, 7) is 0. The van der Waals surface area contributed by atoms with Crippen molar-refractivity contribution in [3.8, 4) is 0 Å². The van der Waals surface area contributed by atoms with E-state index in [2.05, 4.69) is 14.9 Å². The zero-order chi connectivity index (χ0) is 6.10. The standard InChI is InChI=1S/C6H4N2Se/c1-4-9-6-5(1)7-2-3-8-6/h1-4H. The number of hydrogen-bond acceptors (Lipinski definition) is 2. The first-order valence-corrected chi connectivity index (χ1v) is 4.45. The molecular weight excluding hydrogens is 179 g/mol. The number of aromatic nitrogens is 2. The van der Waals surface area contributed by atoms with Crippen molar-refractivity contribution < 1.29 is 0 Å². The predicted molar refractivity (Wildman–Crippen MR) is 36.5 cm³/mol. The molecule has 0 spiro atoms. The SMILES string of the molecule is c1cnc2[se]ccc2n1. The molecule has 0 bridgehead atoms. The molecule has 0 unspecified atom stereocenters. The van der Waals surface area contributed by atoms with E-state index in [1.807, 2.05) is 6.07 Å². The fraction of sp³-hybridized carbons (Fsp3) is 0. The topological polar surface area (TPSA) is 25.8 Å². The van der Waals surface area contributed by atoms with Gasteiger partial charge in [-0.15, -0.1) is 0 Å². The summed E-state index contributed by atoms with van der Waals surface area (Å²) in [5, 5.41) is 0. The Kier molecular flexibility index (Phi) is 1.11. The van der Waals surface area contributed by atoms with Crippen LogP contribution in [-0.2, 0) is 0 Å². The molecule has 0 saturated carbocycles. The molecule has 2 nitrogen and oxygen atoms in total. The molecule has 0 aromatic carbocycles. The van der Waals surface area contributed by atoms with Gasteiger partial charge in [0.05, 0.1) is 0 Å². The van der Waals surface area contributed by atoms with Crippen molar-refractivity contribution in [2.75, 3.05) is 0 Å². The fourth-order valence-electron chi connectivity index (χ4n) is 0.704. The van der Waals surface area contributed by atoms with Crippen LogP contribution in [-0.4, -0.2) is 24.5 Å². The molecule has 2 heterocycles. The molecule has 3 heteroatoms. The second kappa shape index (κ2) is 1.94. The summed E-state index contributed by atoms with van der Waals surface area (Å²) < 4.78 is 1.16. The number of nitrogens with zero attached hydrogens (tertiary/aromatic N) is 2. The van der Waals surface area contributed by atoms with Crippen molar-refractivity contribution >= 4 is 24.4 Å². The van der Waals surface area contributed by atoms with Crippen LogP contribution in [0.15, 0.2) is 23.4 Å². The van der Waals surface area contributed by atoms with Gasteiger partial charge in [0.1, 0.15) is 0 Å². The van der Waals surface area contributed by atoms with Crippen LogP contribution in [0.3, 0.4) is 0 Å². The van der Waals surface area contributed by atoms with Gasteiger partial charge in [-0.3, -0.25) is 0 Å². The Morgan fingerprint density at radius 1 is 1.22 bits per heavy atom. The Morgan fingerprint density at radius 2 is 2.11 bits per heavy atom. The second-order valence-electron chi connectivity index (χ2n) is 1.67. The molecule has 0 aliphatic heterocycles. The minimum absolute atomic E-state index is 0.448. The van der Waals surface area contributed by atoms with Crippen molar-refractivity contribution in [2.45, 2.75) is 0 Å². The van der Waals surface area contributed by atoms with Crippen LogP contribution in [0, 0.1) is 0 Å². The van der Waals surface area contributed by atoms with Gasteiger partial charge in [-0.2, -0.15) is 0 Å². The third-order valence-corrected chi connectivity index (χ3v) is 2.80. The van der Waals surface area contributed by atoms with Crippen LogP contribution >= 0.6 is 0 Å². The number of fused-ring (bicyclic) bond motifs is 1. The second-order valence-corrected chi connectivity index (χ2v) is 3.54. The zero-order valence-electron chi connectivity index (χ0n) is 4.61. The van der Waals surface area contributed by atoms with Gasteiger partial charge in [0.2, 0.25) is 0 Å². The Bertz CT molecular complexity index is 285. The Labute approximate surface area is 58.3 Å². The summed E-state index contributed by atoms with van der Waals surface area (Å²) in [5.74, 6) is 0. The molecule has 0 saturated heterocycles. The summed E-state index contributed by atoms with van der Waals surface area (Å²) in [5.41, 5.74) is 1.05. The fourth-order valence-corrected chi connectivity index (χ4v) is 2.15. The first-order chi connectivity index (χ1) is 4.47. The van der Waals surface area contributed by atoms with Crippen LogP contribution in [0.4, 0.5) is 0 Å². The molecule has 0 N–H and O–H groups in total. The summed E-state index contributed by atoms with van der Waals surface area (Å²) in [6, 6.07) is 2.03. The third kappa shape index (κ3) is 0.784. The summed E-state index contributed by atoms with van der Waals surface area (Å²) >= 11 is 0.448. The molecule has 44 valence electrons. The molecule has 2 rings (SSSR count). The number of hydrogen-bond donors (Lipinski definition) is 0. The van der Waals surface area contributed by atoms with Crippen molar-refractivity contribution in [1.82, 2.24) is 9.97 Å². The van der Waals surface area contributed by atoms with Gasteiger partial charge in [-0.05, 0) is 0 Å². The Hall–Kier alpha value is -0.661. The van der Waals surface area contributed by atoms with Crippen molar-refractivity contribution in [3.05, 3.63) is 23.4 Å². The van der Waals surface area contributed by atoms with Crippen LogP contribution in [0.1, 0.15) is 0 Å². The monoisotopic (exact) mass is 184 g/mol. The van der Waals surface area contributed by atoms with Gasteiger partial charge >= 0.3 is 57.8 Å². The van der Waals surface area contributed by atoms with Gasteiger partial charge in [-0.1, -0.05) is 0 Å². The average Bonchev–Trinajstić information content (AvgIpc) is 2.33. The van der Waals surface area contributed by atoms with E-state index in [4.69, 9.17) is 0 Å². The Balaban J connectivity index is 2.95. The molecule has 0 atom stereocenters. The Morgan fingerprint density at radius 3 is 3.00 bits per heavy atom. The van der Waals surface area contributed by atoms with E-state index in [1.54, 1.807) is 12.4 Å². The van der Waals surface area contributed by atoms with E-state index in [1.165, 1.54) is 0 Å². The van der Waals surface area contributed by atoms with Gasteiger partial charge in [-0.25, -0.2) is 0 Å². The van der Waals surface area contributed by atoms with E-state index in [0.717, 1.165) is 9.91 Å². The van der Waals surface area contributed by atoms with E-state index in [9.17, 15) is 0 Å². The van der Waals surface area contributed by atoms with E-state index in [-0.39, 0.29) is 0 Å². The van der Waals surface area contributed by atoms with E-state index >= 15 is 0 Å². The van der Waals surface area contributed by atoms with Crippen LogP contribution < -0.4 is 0 Å². The molecule has 0 aliphatic rings. The van der Waals surface area contributed by atoms with Gasteiger partial charge in [0.25, 0.3) is 0 Å². The predicted octanol–water partition coefficient (Wildman–Crippen LogP) is 0.687. The van der Waals surface area contributed by atoms with Gasteiger partial charge in [0, 0.05) is 0 Å². The maximum absolute atomic E-state index is 4.16. The molecular formula is C6H4N2Se. The van der Waals surface area contributed by atoms with Crippen LogP contribution in [0.5, 0.6) is 0 Å². The molecule has 0 aliphatic carbocycles. The quantitative estimate of drug-likeness (QED) is 0.561. The maximum atomic E-state index is 4.16. The summed E-state index contributed by atoms with van der Waals surface area (Å²) in [4.78, 5) is 10.4. The van der Waals surface area contributed by atoms with Crippen molar-refractivity contribution in [2.24, 2.45) is 0 Å². The first kappa shape index (κ1) is 5.15. The van der Waals surface area contributed by atoms with Crippen molar-refractivity contribution in [3.63, 3.8) is 0 Å². The number of rotatable bonds is 0. The molecule has 9 heavy (non-hydrogen) atoms. The molecule has 0 amide bonds. The summed E-state index contributed by atoms with van der Waals surface area (Å²) in [6.07, 6.45) is 3.47. The third-order valence-electron chi connectivity index (χ3n) is 1.10. The van der Waals surface area contributed by atoms with E-state index in [0.29, 0.717) is 14.5 Å². The summed E-state index contributed by atoms with van der Waals surface area (Å²) in [7, 11) is 0. The zero-order valence-corrected chi connectivity index (χ0v) is 6.33. The van der Waals surface area contributed by atoms with Crippen LogP contribution in [0.2, 0.25) is 0 Å². The molecule has 2 aromatic heterocycles. The molecule has 2 aromatic rings. The first-order valence-electron chi connectivity index (χ1n) is 2.61. The minimum atomic E-state index is 0.448. The van der Waals surface area contributed by atoms with Gasteiger partial charge in [0.15, 0.2) is 0 Å².